The topological polar surface area (TPSA) is 47.0 Å². The van der Waals surface area contributed by atoms with E-state index in [9.17, 15) is 13.2 Å². The summed E-state index contributed by atoms with van der Waals surface area (Å²) in [6.07, 6.45) is -3.45. The molecule has 0 aliphatic rings. The van der Waals surface area contributed by atoms with Crippen LogP contribution in [0.3, 0.4) is 0 Å². The first-order valence-corrected chi connectivity index (χ1v) is 5.27. The van der Waals surface area contributed by atoms with Crippen molar-refractivity contribution in [3.8, 4) is 5.88 Å². The molecular weight excluding hydrogens is 235 g/mol. The molecule has 1 rings (SSSR count). The number of hydrogen-bond donors (Lipinski definition) is 1. The average Bonchev–Trinajstić information content (AvgIpc) is 2.24. The maximum atomic E-state index is 11.9. The number of rotatable bonds is 6. The van der Waals surface area contributed by atoms with E-state index >= 15 is 0 Å². The lowest BCUT2D eigenvalue weighted by Gasteiger charge is -2.08. The van der Waals surface area contributed by atoms with Gasteiger partial charge in [-0.25, -0.2) is 4.98 Å². The van der Waals surface area contributed by atoms with E-state index in [4.69, 9.17) is 4.74 Å². The second kappa shape index (κ2) is 6.27. The predicted molar refractivity (Wildman–Crippen MR) is 57.0 cm³/mol. The molecule has 17 heavy (non-hydrogen) atoms. The van der Waals surface area contributed by atoms with Gasteiger partial charge in [-0.2, -0.15) is 18.2 Å². The highest BCUT2D eigenvalue weighted by atomic mass is 19.4. The van der Waals surface area contributed by atoms with Crippen molar-refractivity contribution < 1.29 is 17.9 Å². The molecule has 0 aliphatic carbocycles. The smallest absolute Gasteiger partial charge is 0.389 e. The van der Waals surface area contributed by atoms with Crippen LogP contribution < -0.4 is 10.1 Å². The zero-order valence-electron chi connectivity index (χ0n) is 9.42. The standard InChI is InChI=1S/C10H14F3N3O/c1-2-17-8-4-7-15-9(16-8)14-6-3-5-10(11,12)13/h4,7H,2-3,5-6H2,1H3,(H,14,15,16). The lowest BCUT2D eigenvalue weighted by molar-refractivity contribution is -0.134. The van der Waals surface area contributed by atoms with Gasteiger partial charge in [0.25, 0.3) is 0 Å². The van der Waals surface area contributed by atoms with Crippen molar-refractivity contribution in [1.82, 2.24) is 9.97 Å². The first-order chi connectivity index (χ1) is 8.01. The van der Waals surface area contributed by atoms with Crippen LogP contribution in [0.25, 0.3) is 0 Å². The minimum atomic E-state index is -4.12. The van der Waals surface area contributed by atoms with Crippen LogP contribution in [0.4, 0.5) is 19.1 Å². The molecule has 0 aromatic carbocycles. The number of hydrogen-bond acceptors (Lipinski definition) is 4. The van der Waals surface area contributed by atoms with Crippen LogP contribution in [0.5, 0.6) is 5.88 Å². The van der Waals surface area contributed by atoms with Gasteiger partial charge in [0.15, 0.2) is 0 Å². The van der Waals surface area contributed by atoms with Gasteiger partial charge in [0.2, 0.25) is 11.8 Å². The number of anilines is 1. The van der Waals surface area contributed by atoms with E-state index in [2.05, 4.69) is 15.3 Å². The molecule has 0 saturated carbocycles. The SMILES string of the molecule is CCOc1ccnc(NCCCC(F)(F)F)n1. The van der Waals surface area contributed by atoms with Crippen molar-refractivity contribution in [3.05, 3.63) is 12.3 Å². The number of nitrogens with zero attached hydrogens (tertiary/aromatic N) is 2. The van der Waals surface area contributed by atoms with Crippen LogP contribution in [0.2, 0.25) is 0 Å². The fourth-order valence-corrected chi connectivity index (χ4v) is 1.14. The second-order valence-electron chi connectivity index (χ2n) is 3.30. The molecule has 0 aliphatic heterocycles. The zero-order valence-corrected chi connectivity index (χ0v) is 9.42. The molecular formula is C10H14F3N3O. The summed E-state index contributed by atoms with van der Waals surface area (Å²) in [5.41, 5.74) is 0. The summed E-state index contributed by atoms with van der Waals surface area (Å²) in [4.78, 5) is 7.84. The van der Waals surface area contributed by atoms with E-state index in [0.717, 1.165) is 0 Å². The van der Waals surface area contributed by atoms with Crippen LogP contribution in [0.15, 0.2) is 12.3 Å². The Morgan fingerprint density at radius 3 is 2.82 bits per heavy atom. The molecule has 0 unspecified atom stereocenters. The molecule has 1 aromatic rings. The summed E-state index contributed by atoms with van der Waals surface area (Å²) in [6, 6.07) is 1.59. The van der Waals surface area contributed by atoms with E-state index in [1.165, 1.54) is 6.20 Å². The Kier molecular flexibility index (Phi) is 4.99. The number of halogens is 3. The summed E-state index contributed by atoms with van der Waals surface area (Å²) < 4.78 is 40.7. The van der Waals surface area contributed by atoms with Gasteiger partial charge in [-0.1, -0.05) is 0 Å². The molecule has 0 spiro atoms. The van der Waals surface area contributed by atoms with E-state index in [0.29, 0.717) is 12.5 Å². The van der Waals surface area contributed by atoms with Gasteiger partial charge in [-0.3, -0.25) is 0 Å². The van der Waals surface area contributed by atoms with E-state index in [1.54, 1.807) is 6.07 Å². The van der Waals surface area contributed by atoms with Crippen molar-refractivity contribution in [2.75, 3.05) is 18.5 Å². The lowest BCUT2D eigenvalue weighted by atomic mass is 10.3. The molecule has 0 bridgehead atoms. The maximum Gasteiger partial charge on any atom is 0.389 e. The molecule has 7 heteroatoms. The lowest BCUT2D eigenvalue weighted by Crippen LogP contribution is -2.12. The highest BCUT2D eigenvalue weighted by Crippen LogP contribution is 2.21. The summed E-state index contributed by atoms with van der Waals surface area (Å²) in [5.74, 6) is 0.680. The Bertz CT molecular complexity index is 344. The van der Waals surface area contributed by atoms with Gasteiger partial charge in [-0.15, -0.1) is 0 Å². The van der Waals surface area contributed by atoms with Crippen LogP contribution in [-0.4, -0.2) is 29.3 Å². The summed E-state index contributed by atoms with van der Waals surface area (Å²) in [6.45, 7) is 2.47. The Labute approximate surface area is 97.2 Å². The molecule has 96 valence electrons. The molecule has 4 nitrogen and oxygen atoms in total. The molecule has 0 amide bonds. The van der Waals surface area contributed by atoms with Crippen molar-refractivity contribution in [2.45, 2.75) is 25.9 Å². The summed E-state index contributed by atoms with van der Waals surface area (Å²) in [7, 11) is 0. The highest BCUT2D eigenvalue weighted by Gasteiger charge is 2.25. The van der Waals surface area contributed by atoms with Crippen molar-refractivity contribution in [1.29, 1.82) is 0 Å². The number of alkyl halides is 3. The Hall–Kier alpha value is -1.53. The van der Waals surface area contributed by atoms with Crippen LogP contribution in [0, 0.1) is 0 Å². The normalized spacial score (nSPS) is 11.3. The van der Waals surface area contributed by atoms with Crippen molar-refractivity contribution in [3.63, 3.8) is 0 Å². The van der Waals surface area contributed by atoms with E-state index in [-0.39, 0.29) is 18.9 Å². The summed E-state index contributed by atoms with van der Waals surface area (Å²) in [5, 5.41) is 2.71. The minimum absolute atomic E-state index is 0.00821. The van der Waals surface area contributed by atoms with Gasteiger partial charge >= 0.3 is 6.18 Å². The third-order valence-electron chi connectivity index (χ3n) is 1.84. The molecule has 1 N–H and O–H groups in total. The van der Waals surface area contributed by atoms with Gasteiger partial charge < -0.3 is 10.1 Å². The van der Waals surface area contributed by atoms with Crippen LogP contribution >= 0.6 is 0 Å². The Morgan fingerprint density at radius 2 is 2.18 bits per heavy atom. The molecule has 0 atom stereocenters. The minimum Gasteiger partial charge on any atom is -0.478 e. The van der Waals surface area contributed by atoms with E-state index in [1.807, 2.05) is 6.92 Å². The zero-order chi connectivity index (χ0) is 12.7. The Morgan fingerprint density at radius 1 is 1.41 bits per heavy atom. The van der Waals surface area contributed by atoms with Gasteiger partial charge in [-0.05, 0) is 13.3 Å². The number of ether oxygens (including phenoxy) is 1. The van der Waals surface area contributed by atoms with Gasteiger partial charge in [0, 0.05) is 25.2 Å². The van der Waals surface area contributed by atoms with Crippen LogP contribution in [0.1, 0.15) is 19.8 Å². The Balaban J connectivity index is 2.34. The van der Waals surface area contributed by atoms with E-state index < -0.39 is 12.6 Å². The molecule has 1 aromatic heterocycles. The van der Waals surface area contributed by atoms with Gasteiger partial charge in [0.1, 0.15) is 0 Å². The quantitative estimate of drug-likeness (QED) is 0.787. The summed E-state index contributed by atoms with van der Waals surface area (Å²) >= 11 is 0. The monoisotopic (exact) mass is 249 g/mol. The third kappa shape index (κ3) is 5.94. The predicted octanol–water partition coefficient (Wildman–Crippen LogP) is 2.63. The fraction of sp³-hybridized carbons (Fsp3) is 0.600. The first-order valence-electron chi connectivity index (χ1n) is 5.27. The largest absolute Gasteiger partial charge is 0.478 e. The molecule has 1 heterocycles. The fourth-order valence-electron chi connectivity index (χ4n) is 1.14. The van der Waals surface area contributed by atoms with Gasteiger partial charge in [0.05, 0.1) is 6.61 Å². The molecule has 0 fully saturated rings. The highest BCUT2D eigenvalue weighted by molar-refractivity contribution is 5.27. The molecule has 0 saturated heterocycles. The maximum absolute atomic E-state index is 11.9. The number of aromatic nitrogens is 2. The number of nitrogens with one attached hydrogen (secondary N) is 1. The third-order valence-corrected chi connectivity index (χ3v) is 1.84. The average molecular weight is 249 g/mol. The molecule has 0 radical (unpaired) electrons. The first kappa shape index (κ1) is 13.5. The van der Waals surface area contributed by atoms with Crippen molar-refractivity contribution >= 4 is 5.95 Å². The second-order valence-corrected chi connectivity index (χ2v) is 3.30. The van der Waals surface area contributed by atoms with Crippen molar-refractivity contribution in [2.24, 2.45) is 0 Å². The van der Waals surface area contributed by atoms with Crippen LogP contribution in [-0.2, 0) is 0 Å².